The lowest BCUT2D eigenvalue weighted by atomic mass is 9.77. The van der Waals surface area contributed by atoms with E-state index in [0.717, 1.165) is 24.2 Å². The summed E-state index contributed by atoms with van der Waals surface area (Å²) in [6.07, 6.45) is 2.77. The summed E-state index contributed by atoms with van der Waals surface area (Å²) in [6.45, 7) is 0.696. The van der Waals surface area contributed by atoms with Gasteiger partial charge in [0.25, 0.3) is 0 Å². The first-order valence-corrected chi connectivity index (χ1v) is 13.3. The maximum Gasteiger partial charge on any atom is 0.314 e. The van der Waals surface area contributed by atoms with Gasteiger partial charge < -0.3 is 14.2 Å². The molecule has 2 aliphatic carbocycles. The second-order valence-electron chi connectivity index (χ2n) is 9.30. The van der Waals surface area contributed by atoms with Crippen LogP contribution in [0.4, 0.5) is 0 Å². The van der Waals surface area contributed by atoms with Crippen molar-refractivity contribution < 1.29 is 27.4 Å². The van der Waals surface area contributed by atoms with Crippen molar-refractivity contribution >= 4 is 16.0 Å². The molecule has 0 radical (unpaired) electrons. The second-order valence-corrected chi connectivity index (χ2v) is 11.5. The first-order valence-electron chi connectivity index (χ1n) is 11.7. The number of hydrogen-bond acceptors (Lipinski definition) is 6. The molecule has 0 amide bonds. The van der Waals surface area contributed by atoms with Gasteiger partial charge in [-0.1, -0.05) is 48.5 Å². The molecule has 0 spiro atoms. The molecule has 2 atom stereocenters. The lowest BCUT2D eigenvalue weighted by Gasteiger charge is -2.38. The SMILES string of the molecule is CNS(=O)(=O)[C@H]1CC[C@](COC2CC(c3ccccc3OCc3ccccc3)C2)(C(=O)OC)C1. The van der Waals surface area contributed by atoms with E-state index in [4.69, 9.17) is 14.2 Å². The van der Waals surface area contributed by atoms with E-state index in [1.807, 2.05) is 48.5 Å². The van der Waals surface area contributed by atoms with E-state index >= 15 is 0 Å². The predicted octanol–water partition coefficient (Wildman–Crippen LogP) is 3.79. The zero-order valence-corrected chi connectivity index (χ0v) is 20.6. The van der Waals surface area contributed by atoms with Gasteiger partial charge >= 0.3 is 5.97 Å². The van der Waals surface area contributed by atoms with E-state index < -0.39 is 26.7 Å². The highest BCUT2D eigenvalue weighted by atomic mass is 32.2. The predicted molar refractivity (Wildman–Crippen MR) is 129 cm³/mol. The Hall–Kier alpha value is -2.42. The Morgan fingerprint density at radius 3 is 2.50 bits per heavy atom. The van der Waals surface area contributed by atoms with Crippen molar-refractivity contribution in [2.45, 2.75) is 56.0 Å². The summed E-state index contributed by atoms with van der Waals surface area (Å²) in [6, 6.07) is 18.2. The molecule has 2 aliphatic rings. The molecule has 0 aromatic heterocycles. The highest BCUT2D eigenvalue weighted by molar-refractivity contribution is 7.90. The summed E-state index contributed by atoms with van der Waals surface area (Å²) in [7, 11) is -0.698. The fraction of sp³-hybridized carbons (Fsp3) is 0.500. The molecule has 2 aromatic rings. The van der Waals surface area contributed by atoms with Crippen LogP contribution in [-0.2, 0) is 30.9 Å². The van der Waals surface area contributed by atoms with Crippen molar-refractivity contribution in [1.29, 1.82) is 0 Å². The monoisotopic (exact) mass is 487 g/mol. The molecule has 2 aromatic carbocycles. The quantitative estimate of drug-likeness (QED) is 0.513. The van der Waals surface area contributed by atoms with Crippen molar-refractivity contribution in [1.82, 2.24) is 4.72 Å². The van der Waals surface area contributed by atoms with Gasteiger partial charge in [-0.3, -0.25) is 4.79 Å². The first-order chi connectivity index (χ1) is 16.4. The fourth-order valence-electron chi connectivity index (χ4n) is 5.02. The van der Waals surface area contributed by atoms with Crippen molar-refractivity contribution in [3.63, 3.8) is 0 Å². The maximum atomic E-state index is 12.6. The number of sulfonamides is 1. The van der Waals surface area contributed by atoms with E-state index in [0.29, 0.717) is 25.4 Å². The second kappa shape index (κ2) is 10.5. The van der Waals surface area contributed by atoms with Crippen LogP contribution in [0, 0.1) is 5.41 Å². The summed E-state index contributed by atoms with van der Waals surface area (Å²) in [5, 5.41) is -0.608. The minimum atomic E-state index is -3.44. The fourth-order valence-corrected chi connectivity index (χ4v) is 6.32. The minimum Gasteiger partial charge on any atom is -0.489 e. The standard InChI is InChI=1S/C26H33NO6S/c1-27-34(29,30)22-12-13-26(16-22,25(28)31-2)18-33-21-14-20(15-21)23-10-6-7-11-24(23)32-17-19-8-4-3-5-9-19/h3-11,20-22,27H,12-18H2,1-2H3/t20?,21?,22-,26-/m0/s1. The molecule has 4 rings (SSSR count). The number of rotatable bonds is 10. The van der Waals surface area contributed by atoms with Crippen LogP contribution in [0.25, 0.3) is 0 Å². The number of carbonyl (C=O) groups is 1. The molecule has 2 saturated carbocycles. The Kier molecular flexibility index (Phi) is 7.60. The Morgan fingerprint density at radius 2 is 1.79 bits per heavy atom. The van der Waals surface area contributed by atoms with Crippen molar-refractivity contribution in [3.05, 3.63) is 65.7 Å². The van der Waals surface area contributed by atoms with Gasteiger partial charge in [0.1, 0.15) is 12.4 Å². The van der Waals surface area contributed by atoms with Crippen molar-refractivity contribution in [2.75, 3.05) is 20.8 Å². The third-order valence-corrected chi connectivity index (χ3v) is 9.04. The molecule has 8 heteroatoms. The van der Waals surface area contributed by atoms with Crippen LogP contribution in [0.1, 0.15) is 49.1 Å². The number of ether oxygens (including phenoxy) is 3. The van der Waals surface area contributed by atoms with Gasteiger partial charge in [0.05, 0.1) is 30.5 Å². The first kappa shape index (κ1) is 24.7. The van der Waals surface area contributed by atoms with Crippen LogP contribution in [-0.4, -0.2) is 46.5 Å². The summed E-state index contributed by atoms with van der Waals surface area (Å²) >= 11 is 0. The number of methoxy groups -OCH3 is 1. The zero-order valence-electron chi connectivity index (χ0n) is 19.7. The van der Waals surface area contributed by atoms with Crippen LogP contribution >= 0.6 is 0 Å². The Balaban J connectivity index is 1.34. The summed E-state index contributed by atoms with van der Waals surface area (Å²) in [5.74, 6) is 0.820. The molecule has 7 nitrogen and oxygen atoms in total. The summed E-state index contributed by atoms with van der Waals surface area (Å²) in [4.78, 5) is 12.6. The van der Waals surface area contributed by atoms with E-state index in [1.54, 1.807) is 0 Å². The number of nitrogens with one attached hydrogen (secondary N) is 1. The maximum absolute atomic E-state index is 12.6. The van der Waals surface area contributed by atoms with Gasteiger partial charge in [-0.2, -0.15) is 0 Å². The third kappa shape index (κ3) is 5.29. The molecule has 2 fully saturated rings. The topological polar surface area (TPSA) is 90.9 Å². The molecule has 0 aliphatic heterocycles. The van der Waals surface area contributed by atoms with Crippen LogP contribution in [0.3, 0.4) is 0 Å². The lowest BCUT2D eigenvalue weighted by molar-refractivity contribution is -0.159. The van der Waals surface area contributed by atoms with E-state index in [-0.39, 0.29) is 19.1 Å². The smallest absolute Gasteiger partial charge is 0.314 e. The molecule has 1 N–H and O–H groups in total. The highest BCUT2D eigenvalue weighted by Crippen LogP contribution is 2.46. The minimum absolute atomic E-state index is 0.0219. The molecule has 0 bridgehead atoms. The number of para-hydroxylation sites is 1. The molecule has 34 heavy (non-hydrogen) atoms. The van der Waals surface area contributed by atoms with Crippen LogP contribution < -0.4 is 9.46 Å². The van der Waals surface area contributed by atoms with E-state index in [2.05, 4.69) is 10.8 Å². The Labute approximate surface area is 201 Å². The van der Waals surface area contributed by atoms with Gasteiger partial charge in [0, 0.05) is 0 Å². The van der Waals surface area contributed by atoms with Gasteiger partial charge in [0.15, 0.2) is 0 Å². The summed E-state index contributed by atoms with van der Waals surface area (Å²) in [5.41, 5.74) is 1.38. The highest BCUT2D eigenvalue weighted by Gasteiger charge is 2.51. The number of benzene rings is 2. The van der Waals surface area contributed by atoms with Crippen LogP contribution in [0.5, 0.6) is 5.75 Å². The number of carbonyl (C=O) groups excluding carboxylic acids is 1. The Morgan fingerprint density at radius 1 is 1.09 bits per heavy atom. The zero-order chi connectivity index (χ0) is 24.2. The van der Waals surface area contributed by atoms with Crippen LogP contribution in [0.15, 0.2) is 54.6 Å². The largest absolute Gasteiger partial charge is 0.489 e. The summed E-state index contributed by atoms with van der Waals surface area (Å²) < 4.78 is 44.2. The van der Waals surface area contributed by atoms with Crippen molar-refractivity contribution in [3.8, 4) is 5.75 Å². The normalized spacial score (nSPS) is 26.6. The van der Waals surface area contributed by atoms with E-state index in [1.165, 1.54) is 19.7 Å². The van der Waals surface area contributed by atoms with Gasteiger partial charge in [0.2, 0.25) is 10.0 Å². The molecule has 0 unspecified atom stereocenters. The Bertz CT molecular complexity index is 1080. The lowest BCUT2D eigenvalue weighted by Crippen LogP contribution is -2.40. The van der Waals surface area contributed by atoms with Crippen LogP contribution in [0.2, 0.25) is 0 Å². The van der Waals surface area contributed by atoms with Gasteiger partial charge in [-0.25, -0.2) is 13.1 Å². The molecule has 184 valence electrons. The average molecular weight is 488 g/mol. The van der Waals surface area contributed by atoms with Gasteiger partial charge in [-0.15, -0.1) is 0 Å². The van der Waals surface area contributed by atoms with E-state index in [9.17, 15) is 13.2 Å². The average Bonchev–Trinajstić information content (AvgIpc) is 3.29. The number of esters is 1. The number of hydrogen-bond donors (Lipinski definition) is 1. The molecule has 0 heterocycles. The third-order valence-electron chi connectivity index (χ3n) is 7.19. The molecular weight excluding hydrogens is 454 g/mol. The van der Waals surface area contributed by atoms with Crippen molar-refractivity contribution in [2.24, 2.45) is 5.41 Å². The molecule has 0 saturated heterocycles. The van der Waals surface area contributed by atoms with Gasteiger partial charge in [-0.05, 0) is 62.3 Å². The molecular formula is C26H33NO6S.